The molecule has 0 aliphatic heterocycles. The summed E-state index contributed by atoms with van der Waals surface area (Å²) in [7, 11) is 2.22. The first-order chi connectivity index (χ1) is 4.48. The van der Waals surface area contributed by atoms with Crippen molar-refractivity contribution in [2.45, 2.75) is 13.3 Å². The Hall–Kier alpha value is 0.230. The quantitative estimate of drug-likeness (QED) is 0.618. The van der Waals surface area contributed by atoms with Crippen molar-refractivity contribution in [3.63, 3.8) is 0 Å². The molecule has 0 aromatic rings. The molecule has 0 aromatic heterocycles. The Morgan fingerprint density at radius 2 is 2.00 bits per heavy atom. The van der Waals surface area contributed by atoms with E-state index in [9.17, 15) is 4.55 Å². The molecule has 10 heavy (non-hydrogen) atoms. The van der Waals surface area contributed by atoms with E-state index >= 15 is 0 Å². The molecule has 0 fully saturated rings. The molecule has 0 spiro atoms. The molecular formula is C6H18N2OS. The van der Waals surface area contributed by atoms with Crippen LogP contribution in [0.15, 0.2) is 0 Å². The van der Waals surface area contributed by atoms with E-state index in [1.54, 1.807) is 5.01 Å². The largest absolute Gasteiger partial charge is 0.337 e. The van der Waals surface area contributed by atoms with Crippen LogP contribution in [-0.4, -0.2) is 35.7 Å². The van der Waals surface area contributed by atoms with Gasteiger partial charge < -0.3 is 4.55 Å². The number of hydrogen-bond donors (Lipinski definition) is 2. The third kappa shape index (κ3) is 5.05. The third-order valence-corrected chi connectivity index (χ3v) is 2.94. The maximum absolute atomic E-state index is 9.62. The lowest BCUT2D eigenvalue weighted by Gasteiger charge is -2.32. The molecule has 0 rings (SSSR count). The molecule has 1 unspecified atom stereocenters. The van der Waals surface area contributed by atoms with Gasteiger partial charge in [0.05, 0.1) is 0 Å². The highest BCUT2D eigenvalue weighted by atomic mass is 32.3. The summed E-state index contributed by atoms with van der Waals surface area (Å²) in [6, 6.07) is 0. The van der Waals surface area contributed by atoms with Crippen molar-refractivity contribution >= 4 is 10.5 Å². The number of nitrogens with one attached hydrogen (secondary N) is 1. The zero-order valence-corrected chi connectivity index (χ0v) is 8.03. The average molecular weight is 166 g/mol. The van der Waals surface area contributed by atoms with Gasteiger partial charge in [-0.25, -0.2) is 5.01 Å². The Bertz CT molecular complexity index is 95.7. The number of hydrogen-bond acceptors (Lipinski definition) is 3. The van der Waals surface area contributed by atoms with E-state index < -0.39 is 10.5 Å². The minimum absolute atomic E-state index is 0.852. The van der Waals surface area contributed by atoms with Crippen LogP contribution in [-0.2, 0) is 0 Å². The molecule has 0 aliphatic rings. The van der Waals surface area contributed by atoms with E-state index in [1.165, 1.54) is 0 Å². The van der Waals surface area contributed by atoms with E-state index in [0.717, 1.165) is 12.2 Å². The van der Waals surface area contributed by atoms with Gasteiger partial charge in [0.15, 0.2) is 0 Å². The van der Waals surface area contributed by atoms with Crippen molar-refractivity contribution in [2.75, 3.05) is 26.1 Å². The number of hydrazine groups is 1. The predicted octanol–water partition coefficient (Wildman–Crippen LogP) is 1.28. The molecule has 0 amide bonds. The highest BCUT2D eigenvalue weighted by Gasteiger charge is 2.11. The standard InChI is InChI=1S/C6H18N2OS/c1-5-6-10(4,9)7-8(2)3/h7,9H,5-6H2,1-4H3. The van der Waals surface area contributed by atoms with Crippen LogP contribution in [0.5, 0.6) is 0 Å². The summed E-state index contributed by atoms with van der Waals surface area (Å²) in [4.78, 5) is 2.99. The van der Waals surface area contributed by atoms with Crippen LogP contribution < -0.4 is 4.83 Å². The van der Waals surface area contributed by atoms with Crippen LogP contribution >= 0.6 is 10.5 Å². The highest BCUT2D eigenvalue weighted by Crippen LogP contribution is 2.34. The molecule has 0 bridgehead atoms. The second-order valence-corrected chi connectivity index (χ2v) is 5.40. The van der Waals surface area contributed by atoms with Crippen molar-refractivity contribution in [1.82, 2.24) is 9.84 Å². The molecule has 4 heteroatoms. The van der Waals surface area contributed by atoms with E-state index in [0.29, 0.717) is 0 Å². The van der Waals surface area contributed by atoms with Crippen LogP contribution in [0.4, 0.5) is 0 Å². The molecule has 0 heterocycles. The minimum Gasteiger partial charge on any atom is -0.337 e. The molecule has 0 saturated heterocycles. The summed E-state index contributed by atoms with van der Waals surface area (Å²) in [5.41, 5.74) is 0. The van der Waals surface area contributed by atoms with E-state index in [1.807, 2.05) is 20.4 Å². The van der Waals surface area contributed by atoms with Gasteiger partial charge in [0, 0.05) is 26.1 Å². The van der Waals surface area contributed by atoms with Crippen LogP contribution in [0, 0.1) is 0 Å². The zero-order chi connectivity index (χ0) is 8.20. The predicted molar refractivity (Wildman–Crippen MR) is 48.1 cm³/mol. The van der Waals surface area contributed by atoms with Crippen LogP contribution in [0.3, 0.4) is 0 Å². The second kappa shape index (κ2) is 4.18. The first kappa shape index (κ1) is 10.2. The van der Waals surface area contributed by atoms with Gasteiger partial charge in [-0.1, -0.05) is 17.4 Å². The fourth-order valence-electron chi connectivity index (χ4n) is 0.836. The summed E-state index contributed by atoms with van der Waals surface area (Å²) in [6.07, 6.45) is 2.87. The first-order valence-electron chi connectivity index (χ1n) is 3.41. The van der Waals surface area contributed by atoms with Crippen molar-refractivity contribution in [3.05, 3.63) is 0 Å². The van der Waals surface area contributed by atoms with Gasteiger partial charge in [-0.3, -0.25) is 0 Å². The van der Waals surface area contributed by atoms with Crippen molar-refractivity contribution < 1.29 is 4.55 Å². The molecule has 0 aliphatic carbocycles. The molecule has 0 radical (unpaired) electrons. The average Bonchev–Trinajstić information content (AvgIpc) is 1.59. The van der Waals surface area contributed by atoms with Gasteiger partial charge in [0.2, 0.25) is 0 Å². The SMILES string of the molecule is CCCS(C)(O)NN(C)C. The van der Waals surface area contributed by atoms with Crippen LogP contribution in [0.2, 0.25) is 0 Å². The molecule has 64 valence electrons. The van der Waals surface area contributed by atoms with Gasteiger partial charge in [0.1, 0.15) is 0 Å². The molecule has 3 nitrogen and oxygen atoms in total. The first-order valence-corrected chi connectivity index (χ1v) is 5.58. The zero-order valence-electron chi connectivity index (χ0n) is 7.22. The topological polar surface area (TPSA) is 35.5 Å². The van der Waals surface area contributed by atoms with Gasteiger partial charge in [-0.2, -0.15) is 4.83 Å². The summed E-state index contributed by atoms with van der Waals surface area (Å²) < 4.78 is 9.62. The Labute approximate surface area is 65.0 Å². The molecule has 2 N–H and O–H groups in total. The smallest absolute Gasteiger partial charge is 0.0119 e. The van der Waals surface area contributed by atoms with Gasteiger partial charge >= 0.3 is 0 Å². The Morgan fingerprint density at radius 1 is 1.50 bits per heavy atom. The van der Waals surface area contributed by atoms with E-state index in [4.69, 9.17) is 0 Å². The molecule has 0 aromatic carbocycles. The summed E-state index contributed by atoms with van der Waals surface area (Å²) in [5, 5.41) is 1.80. The normalized spacial score (nSPS) is 20.6. The minimum atomic E-state index is -1.55. The summed E-state index contributed by atoms with van der Waals surface area (Å²) in [6.45, 7) is 2.07. The third-order valence-electron chi connectivity index (χ3n) is 0.981. The Balaban J connectivity index is 3.63. The number of nitrogens with zero attached hydrogens (tertiary/aromatic N) is 1. The lowest BCUT2D eigenvalue weighted by molar-refractivity contribution is 0.364. The van der Waals surface area contributed by atoms with Crippen molar-refractivity contribution in [2.24, 2.45) is 0 Å². The van der Waals surface area contributed by atoms with E-state index in [-0.39, 0.29) is 0 Å². The highest BCUT2D eigenvalue weighted by molar-refractivity contribution is 8.26. The lowest BCUT2D eigenvalue weighted by Crippen LogP contribution is -2.34. The number of rotatable bonds is 4. The van der Waals surface area contributed by atoms with Crippen molar-refractivity contribution in [1.29, 1.82) is 0 Å². The summed E-state index contributed by atoms with van der Waals surface area (Å²) in [5.74, 6) is 0.852. The van der Waals surface area contributed by atoms with Crippen LogP contribution in [0.25, 0.3) is 0 Å². The van der Waals surface area contributed by atoms with Crippen LogP contribution in [0.1, 0.15) is 13.3 Å². The molecule has 0 saturated carbocycles. The monoisotopic (exact) mass is 166 g/mol. The maximum Gasteiger partial charge on any atom is 0.0119 e. The lowest BCUT2D eigenvalue weighted by atomic mass is 10.6. The summed E-state index contributed by atoms with van der Waals surface area (Å²) >= 11 is 0. The Morgan fingerprint density at radius 3 is 2.30 bits per heavy atom. The van der Waals surface area contributed by atoms with E-state index in [2.05, 4.69) is 11.8 Å². The molecular weight excluding hydrogens is 148 g/mol. The molecule has 1 atom stereocenters. The van der Waals surface area contributed by atoms with Gasteiger partial charge in [-0.15, -0.1) is 0 Å². The fourth-order valence-corrected chi connectivity index (χ4v) is 2.51. The van der Waals surface area contributed by atoms with Crippen molar-refractivity contribution in [3.8, 4) is 0 Å². The maximum atomic E-state index is 9.62. The second-order valence-electron chi connectivity index (χ2n) is 2.73. The Kier molecular flexibility index (Phi) is 4.28. The fraction of sp³-hybridized carbons (Fsp3) is 1.00. The van der Waals surface area contributed by atoms with Gasteiger partial charge in [-0.05, 0) is 6.42 Å². The van der Waals surface area contributed by atoms with Gasteiger partial charge in [0.25, 0.3) is 0 Å².